The molecule has 9 heteroatoms. The fourth-order valence-electron chi connectivity index (χ4n) is 1.88. The molecule has 1 aromatic rings. The van der Waals surface area contributed by atoms with Crippen molar-refractivity contribution >= 4 is 27.5 Å². The molecule has 1 aliphatic heterocycles. The zero-order valence-electron chi connectivity index (χ0n) is 11.0. The molecule has 2 N–H and O–H groups in total. The van der Waals surface area contributed by atoms with Gasteiger partial charge < -0.3 is 5.32 Å². The Bertz CT molecular complexity index is 658. The van der Waals surface area contributed by atoms with Crippen molar-refractivity contribution in [3.8, 4) is 0 Å². The van der Waals surface area contributed by atoms with Crippen molar-refractivity contribution in [3.63, 3.8) is 0 Å². The van der Waals surface area contributed by atoms with Crippen LogP contribution in [0.5, 0.6) is 0 Å². The Morgan fingerprint density at radius 1 is 1.45 bits per heavy atom. The third kappa shape index (κ3) is 2.37. The molecule has 1 atom stereocenters. The van der Waals surface area contributed by atoms with Crippen molar-refractivity contribution in [2.75, 3.05) is 18.9 Å². The molecule has 1 saturated heterocycles. The van der Waals surface area contributed by atoms with E-state index in [4.69, 9.17) is 0 Å². The number of imide groups is 1. The molecule has 0 saturated carbocycles. The van der Waals surface area contributed by atoms with E-state index in [9.17, 15) is 18.0 Å². The Kier molecular flexibility index (Phi) is 3.73. The first-order valence-corrected chi connectivity index (χ1v) is 7.30. The van der Waals surface area contributed by atoms with Crippen LogP contribution in [0.1, 0.15) is 6.92 Å². The number of carbonyl (C=O) groups is 2. The highest BCUT2D eigenvalue weighted by Gasteiger charge is 2.40. The first kappa shape index (κ1) is 14.4. The van der Waals surface area contributed by atoms with Gasteiger partial charge in [0.05, 0.1) is 12.2 Å². The van der Waals surface area contributed by atoms with E-state index in [1.165, 1.54) is 13.1 Å². The number of hydrogen-bond acceptors (Lipinski definition) is 6. The van der Waals surface area contributed by atoms with Gasteiger partial charge in [-0.15, -0.1) is 0 Å². The Morgan fingerprint density at radius 2 is 2.15 bits per heavy atom. The second-order valence-electron chi connectivity index (χ2n) is 4.24. The number of aromatic nitrogens is 1. The van der Waals surface area contributed by atoms with E-state index in [2.05, 4.69) is 15.6 Å². The van der Waals surface area contributed by atoms with E-state index in [1.807, 2.05) is 0 Å². The third-order valence-electron chi connectivity index (χ3n) is 2.97. The fourth-order valence-corrected chi connectivity index (χ4v) is 3.54. The highest BCUT2D eigenvalue weighted by Crippen LogP contribution is 2.24. The van der Waals surface area contributed by atoms with Gasteiger partial charge in [-0.3, -0.25) is 14.9 Å². The number of carbonyl (C=O) groups excluding carboxylic acids is 2. The van der Waals surface area contributed by atoms with Crippen LogP contribution in [0.2, 0.25) is 0 Å². The number of sulfonamides is 1. The topological polar surface area (TPSA) is 108 Å². The summed E-state index contributed by atoms with van der Waals surface area (Å²) in [5.74, 6) is -1.30. The van der Waals surface area contributed by atoms with E-state index < -0.39 is 34.4 Å². The average Bonchev–Trinajstić information content (AvgIpc) is 2.42. The molecular weight excluding hydrogens is 284 g/mol. The van der Waals surface area contributed by atoms with Crippen LogP contribution >= 0.6 is 0 Å². The standard InChI is InChI=1S/C11H14N4O4S/c1-7-10(17)14-9(16)6-15(7)20(18,19)11-8(12-2)4-3-5-13-11/h3-5,7,12H,6H2,1-2H3,(H,14,16,17). The highest BCUT2D eigenvalue weighted by molar-refractivity contribution is 7.89. The van der Waals surface area contributed by atoms with Crippen LogP contribution in [0.3, 0.4) is 0 Å². The van der Waals surface area contributed by atoms with Gasteiger partial charge in [0.15, 0.2) is 5.03 Å². The maximum atomic E-state index is 12.6. The second kappa shape index (κ2) is 5.17. The molecule has 0 aromatic carbocycles. The average molecular weight is 298 g/mol. The molecule has 1 unspecified atom stereocenters. The van der Waals surface area contributed by atoms with Gasteiger partial charge >= 0.3 is 0 Å². The van der Waals surface area contributed by atoms with Crippen LogP contribution in [0.15, 0.2) is 23.4 Å². The monoisotopic (exact) mass is 298 g/mol. The summed E-state index contributed by atoms with van der Waals surface area (Å²) in [6.45, 7) is 1.01. The number of amides is 2. The smallest absolute Gasteiger partial charge is 0.263 e. The zero-order valence-corrected chi connectivity index (χ0v) is 11.8. The normalized spacial score (nSPS) is 20.6. The lowest BCUT2D eigenvalue weighted by molar-refractivity contribution is -0.136. The lowest BCUT2D eigenvalue weighted by atomic mass is 10.2. The quantitative estimate of drug-likeness (QED) is 0.704. The van der Waals surface area contributed by atoms with Gasteiger partial charge in [0, 0.05) is 13.2 Å². The minimum atomic E-state index is -4.04. The predicted octanol–water partition coefficient (Wildman–Crippen LogP) is -0.841. The maximum absolute atomic E-state index is 12.6. The Morgan fingerprint density at radius 3 is 2.80 bits per heavy atom. The molecule has 0 radical (unpaired) electrons. The summed E-state index contributed by atoms with van der Waals surface area (Å²) in [6.07, 6.45) is 1.34. The molecule has 0 bridgehead atoms. The van der Waals surface area contributed by atoms with Crippen molar-refractivity contribution in [2.45, 2.75) is 18.0 Å². The van der Waals surface area contributed by atoms with Crippen LogP contribution in [0, 0.1) is 0 Å². The largest absolute Gasteiger partial charge is 0.386 e. The Labute approximate surface area is 116 Å². The minimum absolute atomic E-state index is 0.211. The van der Waals surface area contributed by atoms with Gasteiger partial charge in [0.1, 0.15) is 6.04 Å². The predicted molar refractivity (Wildman–Crippen MR) is 70.3 cm³/mol. The fraction of sp³-hybridized carbons (Fsp3) is 0.364. The second-order valence-corrected chi connectivity index (χ2v) is 6.05. The molecule has 2 heterocycles. The number of nitrogens with one attached hydrogen (secondary N) is 2. The Balaban J connectivity index is 2.49. The SMILES string of the molecule is CNc1cccnc1S(=O)(=O)N1CC(=O)NC(=O)C1C. The molecule has 0 spiro atoms. The maximum Gasteiger partial charge on any atom is 0.263 e. The lowest BCUT2D eigenvalue weighted by Crippen LogP contribution is -2.58. The van der Waals surface area contributed by atoms with Crippen LogP contribution in [0.25, 0.3) is 0 Å². The molecule has 1 aliphatic rings. The summed E-state index contributed by atoms with van der Waals surface area (Å²) in [5.41, 5.74) is 0.304. The molecule has 1 aromatic heterocycles. The van der Waals surface area contributed by atoms with Gasteiger partial charge in [-0.25, -0.2) is 13.4 Å². The first-order chi connectivity index (χ1) is 9.37. The van der Waals surface area contributed by atoms with Gasteiger partial charge in [0.25, 0.3) is 10.0 Å². The summed E-state index contributed by atoms with van der Waals surface area (Å²) in [6, 6.07) is 2.17. The van der Waals surface area contributed by atoms with Gasteiger partial charge in [-0.05, 0) is 19.1 Å². The van der Waals surface area contributed by atoms with Crippen molar-refractivity contribution in [2.24, 2.45) is 0 Å². The van der Waals surface area contributed by atoms with Gasteiger partial charge in [-0.1, -0.05) is 0 Å². The summed E-state index contributed by atoms with van der Waals surface area (Å²) in [7, 11) is -2.48. The molecular formula is C11H14N4O4S. The number of piperazine rings is 1. The van der Waals surface area contributed by atoms with Crippen LogP contribution in [-0.4, -0.2) is 49.2 Å². The molecule has 2 amide bonds. The van der Waals surface area contributed by atoms with Gasteiger partial charge in [0.2, 0.25) is 11.8 Å². The van der Waals surface area contributed by atoms with Crippen LogP contribution < -0.4 is 10.6 Å². The van der Waals surface area contributed by atoms with E-state index in [0.29, 0.717) is 5.69 Å². The van der Waals surface area contributed by atoms with Gasteiger partial charge in [-0.2, -0.15) is 4.31 Å². The first-order valence-electron chi connectivity index (χ1n) is 5.86. The van der Waals surface area contributed by atoms with Crippen molar-refractivity contribution in [3.05, 3.63) is 18.3 Å². The number of pyridine rings is 1. The van der Waals surface area contributed by atoms with Crippen molar-refractivity contribution in [1.82, 2.24) is 14.6 Å². The van der Waals surface area contributed by atoms with E-state index in [1.54, 1.807) is 19.2 Å². The molecule has 8 nitrogen and oxygen atoms in total. The van der Waals surface area contributed by atoms with Crippen LogP contribution in [-0.2, 0) is 19.6 Å². The number of nitrogens with zero attached hydrogens (tertiary/aromatic N) is 2. The highest BCUT2D eigenvalue weighted by atomic mass is 32.2. The molecule has 108 valence electrons. The van der Waals surface area contributed by atoms with Crippen LogP contribution in [0.4, 0.5) is 5.69 Å². The minimum Gasteiger partial charge on any atom is -0.386 e. The molecule has 2 rings (SSSR count). The molecule has 1 fully saturated rings. The molecule has 0 aliphatic carbocycles. The van der Waals surface area contributed by atoms with Crippen molar-refractivity contribution in [1.29, 1.82) is 0 Å². The Hall–Kier alpha value is -2.00. The summed E-state index contributed by atoms with van der Waals surface area (Å²) >= 11 is 0. The number of rotatable bonds is 3. The van der Waals surface area contributed by atoms with E-state index in [0.717, 1.165) is 4.31 Å². The zero-order chi connectivity index (χ0) is 14.9. The summed E-state index contributed by atoms with van der Waals surface area (Å²) in [4.78, 5) is 26.8. The van der Waals surface area contributed by atoms with Crippen molar-refractivity contribution < 1.29 is 18.0 Å². The summed E-state index contributed by atoms with van der Waals surface area (Å²) < 4.78 is 26.0. The van der Waals surface area contributed by atoms with E-state index in [-0.39, 0.29) is 5.03 Å². The summed E-state index contributed by atoms with van der Waals surface area (Å²) in [5, 5.41) is 4.60. The lowest BCUT2D eigenvalue weighted by Gasteiger charge is -2.30. The number of hydrogen-bond donors (Lipinski definition) is 2. The number of anilines is 1. The third-order valence-corrected chi connectivity index (χ3v) is 4.84. The van der Waals surface area contributed by atoms with E-state index >= 15 is 0 Å². The molecule has 20 heavy (non-hydrogen) atoms.